The van der Waals surface area contributed by atoms with Gasteiger partial charge in [0.05, 0.1) is 17.7 Å². The SMILES string of the molecule is CC.COC(=O)c1ccc(N)cc1Cl. The minimum atomic E-state index is -0.458. The van der Waals surface area contributed by atoms with E-state index in [4.69, 9.17) is 17.3 Å². The number of hydrogen-bond donors (Lipinski definition) is 1. The smallest absolute Gasteiger partial charge is 0.339 e. The van der Waals surface area contributed by atoms with Crippen molar-refractivity contribution in [3.05, 3.63) is 28.8 Å². The van der Waals surface area contributed by atoms with Crippen molar-refractivity contribution in [2.24, 2.45) is 0 Å². The van der Waals surface area contributed by atoms with Crippen LogP contribution in [0, 0.1) is 0 Å². The van der Waals surface area contributed by atoms with E-state index in [2.05, 4.69) is 4.74 Å². The first-order chi connectivity index (χ1) is 6.65. The lowest BCUT2D eigenvalue weighted by atomic mass is 10.2. The normalized spacial score (nSPS) is 8.57. The molecular weight excluding hydrogens is 202 g/mol. The molecule has 0 heterocycles. The fraction of sp³-hybridized carbons (Fsp3) is 0.300. The van der Waals surface area contributed by atoms with Crippen molar-refractivity contribution in [3.8, 4) is 0 Å². The average Bonchev–Trinajstić information content (AvgIpc) is 2.20. The van der Waals surface area contributed by atoms with Gasteiger partial charge in [-0.25, -0.2) is 4.79 Å². The Kier molecular flexibility index (Phi) is 5.72. The molecule has 0 radical (unpaired) electrons. The molecule has 0 saturated carbocycles. The first kappa shape index (κ1) is 12.8. The summed E-state index contributed by atoms with van der Waals surface area (Å²) >= 11 is 5.72. The van der Waals surface area contributed by atoms with E-state index in [-0.39, 0.29) is 0 Å². The minimum Gasteiger partial charge on any atom is -0.465 e. The van der Waals surface area contributed by atoms with Gasteiger partial charge in [0.15, 0.2) is 0 Å². The first-order valence-corrected chi connectivity index (χ1v) is 4.66. The van der Waals surface area contributed by atoms with Crippen molar-refractivity contribution in [3.63, 3.8) is 0 Å². The van der Waals surface area contributed by atoms with Crippen LogP contribution in [0.4, 0.5) is 5.69 Å². The number of rotatable bonds is 1. The number of methoxy groups -OCH3 is 1. The summed E-state index contributed by atoms with van der Waals surface area (Å²) < 4.78 is 4.49. The van der Waals surface area contributed by atoms with E-state index < -0.39 is 5.97 Å². The largest absolute Gasteiger partial charge is 0.465 e. The maximum Gasteiger partial charge on any atom is 0.339 e. The molecule has 0 saturated heterocycles. The number of carbonyl (C=O) groups is 1. The van der Waals surface area contributed by atoms with E-state index in [9.17, 15) is 4.79 Å². The topological polar surface area (TPSA) is 52.3 Å². The molecule has 14 heavy (non-hydrogen) atoms. The highest BCUT2D eigenvalue weighted by atomic mass is 35.5. The van der Waals surface area contributed by atoms with Gasteiger partial charge in [0, 0.05) is 5.69 Å². The van der Waals surface area contributed by atoms with Crippen molar-refractivity contribution in [1.82, 2.24) is 0 Å². The van der Waals surface area contributed by atoms with Gasteiger partial charge in [-0.3, -0.25) is 0 Å². The molecule has 78 valence electrons. The van der Waals surface area contributed by atoms with Gasteiger partial charge in [-0.2, -0.15) is 0 Å². The Morgan fingerprint density at radius 3 is 2.43 bits per heavy atom. The highest BCUT2D eigenvalue weighted by Crippen LogP contribution is 2.19. The maximum absolute atomic E-state index is 11.0. The van der Waals surface area contributed by atoms with Gasteiger partial charge in [-0.1, -0.05) is 25.4 Å². The van der Waals surface area contributed by atoms with E-state index in [1.807, 2.05) is 13.8 Å². The van der Waals surface area contributed by atoms with Crippen LogP contribution >= 0.6 is 11.6 Å². The lowest BCUT2D eigenvalue weighted by Gasteiger charge is -2.01. The summed E-state index contributed by atoms with van der Waals surface area (Å²) in [5.74, 6) is -0.458. The van der Waals surface area contributed by atoms with Crippen LogP contribution in [0.2, 0.25) is 5.02 Å². The number of hydrogen-bond acceptors (Lipinski definition) is 3. The number of benzene rings is 1. The van der Waals surface area contributed by atoms with Crippen LogP contribution in [-0.2, 0) is 4.74 Å². The third kappa shape index (κ3) is 3.26. The molecule has 0 spiro atoms. The molecule has 0 unspecified atom stereocenters. The second-order valence-corrected chi connectivity index (χ2v) is 2.64. The molecular formula is C10H14ClNO2. The van der Waals surface area contributed by atoms with E-state index in [1.54, 1.807) is 6.07 Å². The molecule has 1 aromatic rings. The van der Waals surface area contributed by atoms with Crippen molar-refractivity contribution in [2.75, 3.05) is 12.8 Å². The zero-order valence-corrected chi connectivity index (χ0v) is 9.26. The summed E-state index contributed by atoms with van der Waals surface area (Å²) in [6.45, 7) is 4.00. The van der Waals surface area contributed by atoms with Crippen LogP contribution in [-0.4, -0.2) is 13.1 Å². The fourth-order valence-electron chi connectivity index (χ4n) is 0.807. The summed E-state index contributed by atoms with van der Waals surface area (Å²) in [5.41, 5.74) is 6.28. The second-order valence-electron chi connectivity index (χ2n) is 2.23. The van der Waals surface area contributed by atoms with E-state index >= 15 is 0 Å². The maximum atomic E-state index is 11.0. The first-order valence-electron chi connectivity index (χ1n) is 4.28. The molecule has 0 aliphatic heterocycles. The number of nitrogens with two attached hydrogens (primary N) is 1. The summed E-state index contributed by atoms with van der Waals surface area (Å²) in [7, 11) is 1.30. The molecule has 0 aliphatic carbocycles. The molecule has 2 N–H and O–H groups in total. The molecule has 3 nitrogen and oxygen atoms in total. The molecule has 0 fully saturated rings. The van der Waals surface area contributed by atoms with Crippen molar-refractivity contribution in [1.29, 1.82) is 0 Å². The summed E-state index contributed by atoms with van der Waals surface area (Å²) in [5, 5.41) is 0.307. The predicted octanol–water partition coefficient (Wildman–Crippen LogP) is 2.74. The highest BCUT2D eigenvalue weighted by Gasteiger charge is 2.09. The monoisotopic (exact) mass is 215 g/mol. The predicted molar refractivity (Wildman–Crippen MR) is 58.6 cm³/mol. The number of anilines is 1. The van der Waals surface area contributed by atoms with E-state index in [0.29, 0.717) is 16.3 Å². The van der Waals surface area contributed by atoms with Crippen molar-refractivity contribution in [2.45, 2.75) is 13.8 Å². The fourth-order valence-corrected chi connectivity index (χ4v) is 1.07. The molecule has 0 amide bonds. The zero-order chi connectivity index (χ0) is 11.1. The molecule has 0 aliphatic rings. The number of carbonyl (C=O) groups excluding carboxylic acids is 1. The van der Waals surface area contributed by atoms with E-state index in [0.717, 1.165) is 0 Å². The Balaban J connectivity index is 0.000000791. The molecule has 0 bridgehead atoms. The highest BCUT2D eigenvalue weighted by molar-refractivity contribution is 6.33. The summed E-state index contributed by atoms with van der Waals surface area (Å²) in [4.78, 5) is 11.0. The van der Waals surface area contributed by atoms with Crippen LogP contribution in [0.15, 0.2) is 18.2 Å². The molecule has 4 heteroatoms. The Labute approximate surface area is 88.8 Å². The Bertz CT molecular complexity index is 313. The van der Waals surface area contributed by atoms with E-state index in [1.165, 1.54) is 19.2 Å². The second kappa shape index (κ2) is 6.27. The Hall–Kier alpha value is -1.22. The third-order valence-corrected chi connectivity index (χ3v) is 1.71. The molecule has 1 aromatic carbocycles. The molecule has 0 aromatic heterocycles. The standard InChI is InChI=1S/C8H8ClNO2.C2H6/c1-12-8(11)6-3-2-5(10)4-7(6)9;1-2/h2-4H,10H2,1H3;1-2H3. The number of halogens is 1. The lowest BCUT2D eigenvalue weighted by molar-refractivity contribution is 0.0601. The molecule has 1 rings (SSSR count). The zero-order valence-electron chi connectivity index (χ0n) is 8.50. The molecule has 0 atom stereocenters. The number of ether oxygens (including phenoxy) is 1. The van der Waals surface area contributed by atoms with Gasteiger partial charge in [0.25, 0.3) is 0 Å². The van der Waals surface area contributed by atoms with Gasteiger partial charge in [-0.15, -0.1) is 0 Å². The van der Waals surface area contributed by atoms with Crippen molar-refractivity contribution < 1.29 is 9.53 Å². The van der Waals surface area contributed by atoms with Gasteiger partial charge < -0.3 is 10.5 Å². The summed E-state index contributed by atoms with van der Waals surface area (Å²) in [6, 6.07) is 4.63. The quantitative estimate of drug-likeness (QED) is 0.579. The van der Waals surface area contributed by atoms with Crippen LogP contribution in [0.1, 0.15) is 24.2 Å². The number of esters is 1. The average molecular weight is 216 g/mol. The minimum absolute atomic E-state index is 0.307. The van der Waals surface area contributed by atoms with Crippen LogP contribution < -0.4 is 5.73 Å². The van der Waals surface area contributed by atoms with Gasteiger partial charge in [-0.05, 0) is 18.2 Å². The Morgan fingerprint density at radius 1 is 1.43 bits per heavy atom. The summed E-state index contributed by atoms with van der Waals surface area (Å²) in [6.07, 6.45) is 0. The van der Waals surface area contributed by atoms with Gasteiger partial charge in [0.1, 0.15) is 0 Å². The van der Waals surface area contributed by atoms with Crippen LogP contribution in [0.5, 0.6) is 0 Å². The van der Waals surface area contributed by atoms with Gasteiger partial charge in [0.2, 0.25) is 0 Å². The van der Waals surface area contributed by atoms with Crippen LogP contribution in [0.25, 0.3) is 0 Å². The Morgan fingerprint density at radius 2 is 2.00 bits per heavy atom. The third-order valence-electron chi connectivity index (χ3n) is 1.40. The van der Waals surface area contributed by atoms with Crippen LogP contribution in [0.3, 0.4) is 0 Å². The number of nitrogen functional groups attached to an aromatic ring is 1. The van der Waals surface area contributed by atoms with Gasteiger partial charge >= 0.3 is 5.97 Å². The van der Waals surface area contributed by atoms with Crippen molar-refractivity contribution >= 4 is 23.3 Å². The lowest BCUT2D eigenvalue weighted by Crippen LogP contribution is -2.02.